The lowest BCUT2D eigenvalue weighted by molar-refractivity contribution is -0.255. The predicted molar refractivity (Wildman–Crippen MR) is 111 cm³/mol. The number of hydrogen-bond acceptors (Lipinski definition) is 3. The van der Waals surface area contributed by atoms with Gasteiger partial charge in [0.15, 0.2) is 0 Å². The molecule has 0 aliphatic carbocycles. The van der Waals surface area contributed by atoms with Crippen LogP contribution in [0.2, 0.25) is 0 Å². The number of carbonyl (C=O) groups is 1. The highest BCUT2D eigenvalue weighted by Gasteiger charge is 2.11. The van der Waals surface area contributed by atoms with Crippen LogP contribution >= 0.6 is 0 Å². The number of carbonyl (C=O) groups excluding carboxylic acids is 1. The molecule has 0 fully saturated rings. The summed E-state index contributed by atoms with van der Waals surface area (Å²) in [6.45, 7) is 3.34. The van der Waals surface area contributed by atoms with Gasteiger partial charge in [-0.3, -0.25) is 0 Å². The molecule has 0 radical (unpaired) electrons. The van der Waals surface area contributed by atoms with E-state index in [0.717, 1.165) is 23.1 Å². The van der Waals surface area contributed by atoms with Crippen molar-refractivity contribution >= 4 is 11.7 Å². The molecular weight excluding hydrogens is 365 g/mol. The minimum absolute atomic E-state index is 0.421. The fraction of sp³-hybridized carbons (Fsp3) is 0.160. The number of carboxylic acid groups (broad SMARTS) is 1. The summed E-state index contributed by atoms with van der Waals surface area (Å²) in [4.78, 5) is 13.2. The summed E-state index contributed by atoms with van der Waals surface area (Å²) in [6, 6.07) is 21.8. The second-order valence-corrected chi connectivity index (χ2v) is 6.69. The van der Waals surface area contributed by atoms with E-state index in [1.54, 1.807) is 6.07 Å². The highest BCUT2D eigenvalue weighted by molar-refractivity contribution is 5.87. The van der Waals surface area contributed by atoms with Gasteiger partial charge in [-0.2, -0.15) is 0 Å². The Kier molecular flexibility index (Phi) is 6.65. The van der Waals surface area contributed by atoms with Crippen LogP contribution in [0.4, 0.5) is 10.1 Å². The Bertz CT molecular complexity index is 1030. The van der Waals surface area contributed by atoms with Gasteiger partial charge in [-0.25, -0.2) is 4.39 Å². The van der Waals surface area contributed by atoms with Crippen LogP contribution in [0, 0.1) is 17.7 Å². The molecule has 0 unspecified atom stereocenters. The van der Waals surface area contributed by atoms with E-state index < -0.39 is 17.3 Å². The number of anilines is 1. The van der Waals surface area contributed by atoms with E-state index in [0.29, 0.717) is 18.8 Å². The normalized spacial score (nSPS) is 10.1. The largest absolute Gasteiger partial charge is 0.545 e. The van der Waals surface area contributed by atoms with Gasteiger partial charge in [0.25, 0.3) is 0 Å². The Morgan fingerprint density at radius 3 is 2.24 bits per heavy atom. The number of nitrogens with zero attached hydrogens (tertiary/aromatic N) is 1. The molecular formula is C25H21FNO2-. The Balaban J connectivity index is 1.77. The standard InChI is InChI=1S/C25H22FNO2/c1-2-16-27(22-14-15-24(26)23(17-22)25(28)29)18-21-12-10-20(11-13-21)9-8-19-6-4-3-5-7-19/h3-7,10-15,17H,2,16,18H2,1H3,(H,28,29)/p-1. The van der Waals surface area contributed by atoms with Gasteiger partial charge < -0.3 is 14.8 Å². The molecule has 0 aromatic heterocycles. The van der Waals surface area contributed by atoms with E-state index in [1.165, 1.54) is 12.1 Å². The molecule has 0 aliphatic rings. The number of rotatable bonds is 6. The second-order valence-electron chi connectivity index (χ2n) is 6.69. The zero-order valence-corrected chi connectivity index (χ0v) is 16.2. The third-order valence-corrected chi connectivity index (χ3v) is 4.48. The van der Waals surface area contributed by atoms with E-state index in [9.17, 15) is 14.3 Å². The van der Waals surface area contributed by atoms with Crippen LogP contribution in [0.3, 0.4) is 0 Å². The molecule has 0 heterocycles. The van der Waals surface area contributed by atoms with Crippen molar-refractivity contribution < 1.29 is 14.3 Å². The minimum atomic E-state index is -1.51. The first-order valence-electron chi connectivity index (χ1n) is 9.48. The van der Waals surface area contributed by atoms with Crippen LogP contribution in [0.1, 0.15) is 40.4 Å². The first-order valence-corrected chi connectivity index (χ1v) is 9.48. The SMILES string of the molecule is CCCN(Cc1ccc(C#Cc2ccccc2)cc1)c1ccc(F)c(C(=O)[O-])c1. The van der Waals surface area contributed by atoms with Gasteiger partial charge in [-0.05, 0) is 54.4 Å². The van der Waals surface area contributed by atoms with E-state index in [4.69, 9.17) is 0 Å². The lowest BCUT2D eigenvalue weighted by atomic mass is 10.1. The van der Waals surface area contributed by atoms with Gasteiger partial charge in [-0.1, -0.05) is 49.1 Å². The topological polar surface area (TPSA) is 43.4 Å². The molecule has 29 heavy (non-hydrogen) atoms. The van der Waals surface area contributed by atoms with Gasteiger partial charge in [-0.15, -0.1) is 0 Å². The monoisotopic (exact) mass is 386 g/mol. The van der Waals surface area contributed by atoms with Crippen molar-refractivity contribution in [2.24, 2.45) is 0 Å². The fourth-order valence-corrected chi connectivity index (χ4v) is 3.02. The molecule has 3 rings (SSSR count). The molecule has 146 valence electrons. The van der Waals surface area contributed by atoms with E-state index >= 15 is 0 Å². The Hall–Kier alpha value is -3.58. The zero-order chi connectivity index (χ0) is 20.6. The van der Waals surface area contributed by atoms with Crippen molar-refractivity contribution in [3.05, 3.63) is 101 Å². The van der Waals surface area contributed by atoms with Gasteiger partial charge in [0.2, 0.25) is 0 Å². The maximum atomic E-state index is 13.7. The van der Waals surface area contributed by atoms with Crippen molar-refractivity contribution in [1.29, 1.82) is 0 Å². The van der Waals surface area contributed by atoms with Gasteiger partial charge in [0.1, 0.15) is 5.82 Å². The van der Waals surface area contributed by atoms with Crippen LogP contribution < -0.4 is 10.0 Å². The zero-order valence-electron chi connectivity index (χ0n) is 16.2. The van der Waals surface area contributed by atoms with Crippen LogP contribution in [-0.2, 0) is 6.54 Å². The molecule has 0 saturated heterocycles. The molecule has 3 nitrogen and oxygen atoms in total. The van der Waals surface area contributed by atoms with Crippen molar-refractivity contribution in [2.75, 3.05) is 11.4 Å². The van der Waals surface area contributed by atoms with Crippen molar-refractivity contribution in [3.63, 3.8) is 0 Å². The summed E-state index contributed by atoms with van der Waals surface area (Å²) in [5, 5.41) is 11.1. The molecule has 3 aromatic rings. The molecule has 0 saturated carbocycles. The average molecular weight is 386 g/mol. The number of hydrogen-bond donors (Lipinski definition) is 0. The Morgan fingerprint density at radius 1 is 0.966 bits per heavy atom. The molecule has 3 aromatic carbocycles. The van der Waals surface area contributed by atoms with Gasteiger partial charge in [0.05, 0.1) is 5.97 Å². The third-order valence-electron chi connectivity index (χ3n) is 4.48. The first-order chi connectivity index (χ1) is 14.1. The van der Waals surface area contributed by atoms with Crippen LogP contribution in [0.5, 0.6) is 0 Å². The highest BCUT2D eigenvalue weighted by atomic mass is 19.1. The van der Waals surface area contributed by atoms with Crippen molar-refractivity contribution in [2.45, 2.75) is 19.9 Å². The minimum Gasteiger partial charge on any atom is -0.545 e. The molecule has 0 N–H and O–H groups in total. The van der Waals surface area contributed by atoms with Gasteiger partial charge in [0, 0.05) is 35.5 Å². The first kappa shape index (κ1) is 20.2. The Labute approximate surface area is 170 Å². The molecule has 0 atom stereocenters. The number of aromatic carboxylic acids is 1. The quantitative estimate of drug-likeness (QED) is 0.602. The summed E-state index contributed by atoms with van der Waals surface area (Å²) in [5.41, 5.74) is 3.17. The molecule has 4 heteroatoms. The van der Waals surface area contributed by atoms with Crippen molar-refractivity contribution in [3.8, 4) is 11.8 Å². The lowest BCUT2D eigenvalue weighted by Crippen LogP contribution is -2.26. The molecule has 0 aliphatic heterocycles. The summed E-state index contributed by atoms with van der Waals surface area (Å²) in [7, 11) is 0. The van der Waals surface area contributed by atoms with Crippen molar-refractivity contribution in [1.82, 2.24) is 0 Å². The van der Waals surface area contributed by atoms with Crippen LogP contribution in [-0.4, -0.2) is 12.5 Å². The maximum Gasteiger partial charge on any atom is 0.132 e. The van der Waals surface area contributed by atoms with E-state index in [2.05, 4.69) is 11.8 Å². The second kappa shape index (κ2) is 9.57. The highest BCUT2D eigenvalue weighted by Crippen LogP contribution is 2.21. The van der Waals surface area contributed by atoms with Crippen LogP contribution in [0.15, 0.2) is 72.8 Å². The summed E-state index contributed by atoms with van der Waals surface area (Å²) in [6.07, 6.45) is 0.874. The lowest BCUT2D eigenvalue weighted by Gasteiger charge is -2.25. The molecule has 0 bridgehead atoms. The molecule has 0 spiro atoms. The van der Waals surface area contributed by atoms with Crippen LogP contribution in [0.25, 0.3) is 0 Å². The third kappa shape index (κ3) is 5.46. The Morgan fingerprint density at radius 2 is 1.62 bits per heavy atom. The molecule has 0 amide bonds. The van der Waals surface area contributed by atoms with Gasteiger partial charge >= 0.3 is 0 Å². The number of halogens is 1. The average Bonchev–Trinajstić information content (AvgIpc) is 2.74. The summed E-state index contributed by atoms with van der Waals surface area (Å²) < 4.78 is 13.7. The summed E-state index contributed by atoms with van der Waals surface area (Å²) >= 11 is 0. The summed E-state index contributed by atoms with van der Waals surface area (Å²) in [5.74, 6) is 3.98. The number of carboxylic acids is 1. The predicted octanol–water partition coefficient (Wildman–Crippen LogP) is 4.01. The van der Waals surface area contributed by atoms with E-state index in [-0.39, 0.29) is 0 Å². The smallest absolute Gasteiger partial charge is 0.132 e. The van der Waals surface area contributed by atoms with E-state index in [1.807, 2.05) is 66.4 Å². The fourth-order valence-electron chi connectivity index (χ4n) is 3.02. The number of benzene rings is 3. The maximum absolute atomic E-state index is 13.7.